The first-order valence-corrected chi connectivity index (χ1v) is 8.92. The zero-order valence-corrected chi connectivity index (χ0v) is 13.6. The highest BCUT2D eigenvalue weighted by Gasteiger charge is 2.53. The molecule has 1 aromatic carbocycles. The second-order valence-electron chi connectivity index (χ2n) is 7.72. The van der Waals surface area contributed by atoms with Crippen LogP contribution in [0.3, 0.4) is 0 Å². The number of benzene rings is 1. The Morgan fingerprint density at radius 2 is 1.50 bits per heavy atom. The van der Waals surface area contributed by atoms with Crippen LogP contribution in [0.2, 0.25) is 0 Å². The van der Waals surface area contributed by atoms with Gasteiger partial charge >= 0.3 is 0 Å². The van der Waals surface area contributed by atoms with E-state index in [1.807, 2.05) is 0 Å². The normalized spacial score (nSPS) is 40.0. The van der Waals surface area contributed by atoms with Gasteiger partial charge in [0.1, 0.15) is 0 Å². The number of hydrogen-bond acceptors (Lipinski definition) is 1. The molecule has 5 rings (SSSR count). The van der Waals surface area contributed by atoms with Crippen LogP contribution in [-0.2, 0) is 6.42 Å². The van der Waals surface area contributed by atoms with Crippen molar-refractivity contribution in [3.8, 4) is 0 Å². The summed E-state index contributed by atoms with van der Waals surface area (Å²) in [6.07, 6.45) is 9.81. The van der Waals surface area contributed by atoms with Crippen LogP contribution in [0.4, 0.5) is 0 Å². The van der Waals surface area contributed by atoms with Gasteiger partial charge in [0, 0.05) is 10.5 Å². The van der Waals surface area contributed by atoms with Crippen molar-refractivity contribution in [2.24, 2.45) is 28.9 Å². The molecule has 0 aromatic heterocycles. The van der Waals surface area contributed by atoms with E-state index in [9.17, 15) is 0 Å². The summed E-state index contributed by atoms with van der Waals surface area (Å²) in [6, 6.07) is 9.09. The Kier molecular flexibility index (Phi) is 3.23. The lowest BCUT2D eigenvalue weighted by molar-refractivity contribution is -0.0667. The van der Waals surface area contributed by atoms with Crippen LogP contribution in [-0.4, -0.2) is 6.04 Å². The van der Waals surface area contributed by atoms with Gasteiger partial charge in [0.15, 0.2) is 0 Å². The standard InChI is InChI=1S/C18H24BrN/c19-16-3-1-12(2-4-16)8-17(20)18-9-13-5-14(10-18)7-15(6-13)11-18/h1-4,13-15,17H,5-11,20H2. The SMILES string of the molecule is NC(Cc1ccc(Br)cc1)C12CC3CC(CC(C3)C1)C2. The molecule has 2 heteroatoms. The van der Waals surface area contributed by atoms with Gasteiger partial charge in [-0.15, -0.1) is 0 Å². The molecule has 0 heterocycles. The van der Waals surface area contributed by atoms with Gasteiger partial charge < -0.3 is 5.73 Å². The molecule has 2 N–H and O–H groups in total. The molecule has 108 valence electrons. The van der Waals surface area contributed by atoms with Crippen LogP contribution in [0.5, 0.6) is 0 Å². The average molecular weight is 334 g/mol. The smallest absolute Gasteiger partial charge is 0.0175 e. The van der Waals surface area contributed by atoms with Crippen LogP contribution < -0.4 is 5.73 Å². The number of nitrogens with two attached hydrogens (primary N) is 1. The fraction of sp³-hybridized carbons (Fsp3) is 0.667. The third kappa shape index (κ3) is 2.25. The van der Waals surface area contributed by atoms with Crippen LogP contribution in [0, 0.1) is 23.2 Å². The molecule has 1 aromatic rings. The van der Waals surface area contributed by atoms with Crippen molar-refractivity contribution < 1.29 is 0 Å². The van der Waals surface area contributed by atoms with Gasteiger partial charge in [-0.1, -0.05) is 28.1 Å². The molecule has 0 spiro atoms. The van der Waals surface area contributed by atoms with Crippen molar-refractivity contribution in [2.45, 2.75) is 51.0 Å². The maximum Gasteiger partial charge on any atom is 0.0175 e. The predicted molar refractivity (Wildman–Crippen MR) is 86.4 cm³/mol. The predicted octanol–water partition coefficient (Wildman–Crippen LogP) is 4.54. The van der Waals surface area contributed by atoms with Crippen molar-refractivity contribution in [3.63, 3.8) is 0 Å². The summed E-state index contributed by atoms with van der Waals surface area (Å²) in [4.78, 5) is 0. The Labute approximate surface area is 130 Å². The molecule has 4 saturated carbocycles. The fourth-order valence-electron chi connectivity index (χ4n) is 5.72. The third-order valence-electron chi connectivity index (χ3n) is 6.24. The molecule has 0 saturated heterocycles. The molecule has 0 aliphatic heterocycles. The molecule has 4 fully saturated rings. The van der Waals surface area contributed by atoms with Crippen molar-refractivity contribution in [2.75, 3.05) is 0 Å². The number of hydrogen-bond donors (Lipinski definition) is 1. The molecule has 4 bridgehead atoms. The van der Waals surface area contributed by atoms with E-state index < -0.39 is 0 Å². The van der Waals surface area contributed by atoms with E-state index in [1.165, 1.54) is 44.1 Å². The summed E-state index contributed by atoms with van der Waals surface area (Å²) in [7, 11) is 0. The molecule has 1 unspecified atom stereocenters. The topological polar surface area (TPSA) is 26.0 Å². The molecule has 0 amide bonds. The molecule has 20 heavy (non-hydrogen) atoms. The van der Waals surface area contributed by atoms with Gasteiger partial charge in [-0.05, 0) is 85.8 Å². The van der Waals surface area contributed by atoms with Gasteiger partial charge in [0.2, 0.25) is 0 Å². The Morgan fingerprint density at radius 3 is 2.00 bits per heavy atom. The lowest BCUT2D eigenvalue weighted by Crippen LogP contribution is -2.55. The van der Waals surface area contributed by atoms with E-state index in [0.29, 0.717) is 11.5 Å². The monoisotopic (exact) mass is 333 g/mol. The molecular weight excluding hydrogens is 310 g/mol. The molecule has 4 aliphatic rings. The molecule has 1 atom stereocenters. The number of halogens is 1. The summed E-state index contributed by atoms with van der Waals surface area (Å²) < 4.78 is 1.16. The second-order valence-corrected chi connectivity index (χ2v) is 8.63. The minimum Gasteiger partial charge on any atom is -0.327 e. The van der Waals surface area contributed by atoms with Crippen molar-refractivity contribution >= 4 is 15.9 Å². The zero-order chi connectivity index (χ0) is 13.7. The average Bonchev–Trinajstić information content (AvgIpc) is 2.40. The largest absolute Gasteiger partial charge is 0.327 e. The van der Waals surface area contributed by atoms with Gasteiger partial charge in [-0.25, -0.2) is 0 Å². The Balaban J connectivity index is 1.53. The highest BCUT2D eigenvalue weighted by atomic mass is 79.9. The summed E-state index contributed by atoms with van der Waals surface area (Å²) >= 11 is 3.51. The summed E-state index contributed by atoms with van der Waals surface area (Å²) in [5.41, 5.74) is 8.60. The quantitative estimate of drug-likeness (QED) is 0.863. The van der Waals surface area contributed by atoms with Crippen LogP contribution in [0.25, 0.3) is 0 Å². The van der Waals surface area contributed by atoms with E-state index in [4.69, 9.17) is 5.73 Å². The highest BCUT2D eigenvalue weighted by Crippen LogP contribution is 2.61. The van der Waals surface area contributed by atoms with E-state index >= 15 is 0 Å². The maximum absolute atomic E-state index is 6.73. The Morgan fingerprint density at radius 1 is 1.00 bits per heavy atom. The van der Waals surface area contributed by atoms with Crippen LogP contribution in [0.1, 0.15) is 44.1 Å². The van der Waals surface area contributed by atoms with E-state index in [1.54, 1.807) is 0 Å². The Hall–Kier alpha value is -0.340. The van der Waals surface area contributed by atoms with Crippen molar-refractivity contribution in [3.05, 3.63) is 34.3 Å². The first kappa shape index (κ1) is 13.3. The van der Waals surface area contributed by atoms with Gasteiger partial charge in [-0.3, -0.25) is 0 Å². The van der Waals surface area contributed by atoms with E-state index in [0.717, 1.165) is 28.6 Å². The first-order chi connectivity index (χ1) is 9.63. The van der Waals surface area contributed by atoms with Crippen LogP contribution >= 0.6 is 15.9 Å². The molecule has 1 nitrogen and oxygen atoms in total. The van der Waals surface area contributed by atoms with Gasteiger partial charge in [0.25, 0.3) is 0 Å². The third-order valence-corrected chi connectivity index (χ3v) is 6.77. The summed E-state index contributed by atoms with van der Waals surface area (Å²) in [5.74, 6) is 2.99. The lowest BCUT2D eigenvalue weighted by atomic mass is 9.47. The first-order valence-electron chi connectivity index (χ1n) is 8.13. The van der Waals surface area contributed by atoms with E-state index in [2.05, 4.69) is 40.2 Å². The summed E-state index contributed by atoms with van der Waals surface area (Å²) in [6.45, 7) is 0. The van der Waals surface area contributed by atoms with Crippen molar-refractivity contribution in [1.29, 1.82) is 0 Å². The minimum absolute atomic E-state index is 0.358. The number of rotatable bonds is 3. The Bertz CT molecular complexity index is 457. The van der Waals surface area contributed by atoms with E-state index in [-0.39, 0.29) is 0 Å². The minimum atomic E-state index is 0.358. The fourth-order valence-corrected chi connectivity index (χ4v) is 5.99. The van der Waals surface area contributed by atoms with Crippen molar-refractivity contribution in [1.82, 2.24) is 0 Å². The summed E-state index contributed by atoms with van der Waals surface area (Å²) in [5, 5.41) is 0. The second kappa shape index (κ2) is 4.84. The zero-order valence-electron chi connectivity index (χ0n) is 12.0. The molecule has 4 aliphatic carbocycles. The van der Waals surface area contributed by atoms with Crippen LogP contribution in [0.15, 0.2) is 28.7 Å². The maximum atomic E-state index is 6.73. The lowest BCUT2D eigenvalue weighted by Gasteiger charge is -2.59. The molecule has 0 radical (unpaired) electrons. The highest BCUT2D eigenvalue weighted by molar-refractivity contribution is 9.10. The van der Waals surface area contributed by atoms with Gasteiger partial charge in [-0.2, -0.15) is 0 Å². The molecular formula is C18H24BrN. The van der Waals surface area contributed by atoms with Gasteiger partial charge in [0.05, 0.1) is 0 Å².